The summed E-state index contributed by atoms with van der Waals surface area (Å²) in [7, 11) is 0. The minimum atomic E-state index is 0.536. The molecule has 0 saturated heterocycles. The molecule has 1 heterocycles. The highest BCUT2D eigenvalue weighted by Gasteiger charge is 2.02. The summed E-state index contributed by atoms with van der Waals surface area (Å²) in [5, 5.41) is 3.83. The third-order valence-electron chi connectivity index (χ3n) is 1.49. The highest BCUT2D eigenvalue weighted by atomic mass is 32.2. The molecule has 0 fully saturated rings. The number of nitrogens with two attached hydrogens (primary N) is 1. The van der Waals surface area contributed by atoms with Gasteiger partial charge in [0.15, 0.2) is 0 Å². The molecule has 2 nitrogen and oxygen atoms in total. The lowest BCUT2D eigenvalue weighted by atomic mass is 10.5. The van der Waals surface area contributed by atoms with Crippen LogP contribution in [0.1, 0.15) is 17.6 Å². The first-order chi connectivity index (χ1) is 5.72. The molecule has 1 atom stereocenters. The van der Waals surface area contributed by atoms with E-state index in [4.69, 9.17) is 5.73 Å². The zero-order valence-corrected chi connectivity index (χ0v) is 9.04. The van der Waals surface area contributed by atoms with Gasteiger partial charge >= 0.3 is 0 Å². The number of rotatable bonds is 4. The number of thioether (sulfide) groups is 1. The fourth-order valence-electron chi connectivity index (χ4n) is 0.751. The Morgan fingerprint density at radius 3 is 3.00 bits per heavy atom. The van der Waals surface area contributed by atoms with E-state index in [-0.39, 0.29) is 0 Å². The van der Waals surface area contributed by atoms with Crippen LogP contribution in [-0.2, 0) is 5.75 Å². The third-order valence-corrected chi connectivity index (χ3v) is 3.84. The predicted octanol–water partition coefficient (Wildman–Crippen LogP) is 2.03. The molecule has 68 valence electrons. The monoisotopic (exact) mass is 202 g/mol. The Morgan fingerprint density at radius 1 is 1.75 bits per heavy atom. The average molecular weight is 202 g/mol. The van der Waals surface area contributed by atoms with Crippen LogP contribution in [0.15, 0.2) is 5.38 Å². The summed E-state index contributed by atoms with van der Waals surface area (Å²) in [6.45, 7) is 4.91. The lowest BCUT2D eigenvalue weighted by Crippen LogP contribution is -2.12. The molecule has 0 amide bonds. The second-order valence-corrected chi connectivity index (χ2v) is 5.11. The Morgan fingerprint density at radius 2 is 2.50 bits per heavy atom. The Balaban J connectivity index is 2.33. The van der Waals surface area contributed by atoms with E-state index in [2.05, 4.69) is 17.3 Å². The van der Waals surface area contributed by atoms with Gasteiger partial charge in [0.25, 0.3) is 0 Å². The van der Waals surface area contributed by atoms with Crippen molar-refractivity contribution in [3.63, 3.8) is 0 Å². The number of aryl methyl sites for hydroxylation is 1. The lowest BCUT2D eigenvalue weighted by Gasteiger charge is -2.04. The lowest BCUT2D eigenvalue weighted by molar-refractivity contribution is 0.950. The van der Waals surface area contributed by atoms with Gasteiger partial charge in [0.05, 0.1) is 0 Å². The Bertz CT molecular complexity index is 235. The first-order valence-electron chi connectivity index (χ1n) is 3.95. The SMILES string of the molecule is Cc1csc(CSC(C)CN)n1. The molecule has 0 aliphatic carbocycles. The maximum absolute atomic E-state index is 5.50. The van der Waals surface area contributed by atoms with E-state index in [1.807, 2.05) is 18.7 Å². The molecule has 0 aliphatic rings. The number of thiazole rings is 1. The molecule has 0 radical (unpaired) electrons. The minimum Gasteiger partial charge on any atom is -0.329 e. The van der Waals surface area contributed by atoms with Crippen LogP contribution < -0.4 is 5.73 Å². The van der Waals surface area contributed by atoms with Gasteiger partial charge in [-0.1, -0.05) is 6.92 Å². The molecule has 0 spiro atoms. The molecule has 12 heavy (non-hydrogen) atoms. The summed E-state index contributed by atoms with van der Waals surface area (Å²) >= 11 is 3.59. The maximum Gasteiger partial charge on any atom is 0.103 e. The molecule has 4 heteroatoms. The molecule has 0 aromatic carbocycles. The van der Waals surface area contributed by atoms with Crippen molar-refractivity contribution in [3.8, 4) is 0 Å². The highest BCUT2D eigenvalue weighted by molar-refractivity contribution is 7.99. The Kier molecular flexibility index (Phi) is 4.05. The average Bonchev–Trinajstić information content (AvgIpc) is 2.47. The molecule has 1 aromatic heterocycles. The van der Waals surface area contributed by atoms with E-state index in [0.717, 1.165) is 18.0 Å². The van der Waals surface area contributed by atoms with Gasteiger partial charge in [-0.15, -0.1) is 11.3 Å². The van der Waals surface area contributed by atoms with Gasteiger partial charge in [0, 0.05) is 28.6 Å². The molecular weight excluding hydrogens is 188 g/mol. The van der Waals surface area contributed by atoms with Gasteiger partial charge in [0.2, 0.25) is 0 Å². The molecule has 1 unspecified atom stereocenters. The number of aromatic nitrogens is 1. The van der Waals surface area contributed by atoms with Gasteiger partial charge in [-0.05, 0) is 6.92 Å². The highest BCUT2D eigenvalue weighted by Crippen LogP contribution is 2.19. The van der Waals surface area contributed by atoms with E-state index >= 15 is 0 Å². The van der Waals surface area contributed by atoms with Crippen LogP contribution in [-0.4, -0.2) is 16.8 Å². The molecule has 0 aliphatic heterocycles. The fraction of sp³-hybridized carbons (Fsp3) is 0.625. The summed E-state index contributed by atoms with van der Waals surface area (Å²) < 4.78 is 0. The Labute approximate surface area is 81.6 Å². The van der Waals surface area contributed by atoms with Gasteiger partial charge in [-0.25, -0.2) is 4.98 Å². The zero-order chi connectivity index (χ0) is 8.97. The predicted molar refractivity (Wildman–Crippen MR) is 56.7 cm³/mol. The van der Waals surface area contributed by atoms with Crippen molar-refractivity contribution in [1.29, 1.82) is 0 Å². The van der Waals surface area contributed by atoms with E-state index < -0.39 is 0 Å². The van der Waals surface area contributed by atoms with E-state index in [1.54, 1.807) is 11.3 Å². The minimum absolute atomic E-state index is 0.536. The van der Waals surface area contributed by atoms with Crippen LogP contribution in [0.5, 0.6) is 0 Å². The van der Waals surface area contributed by atoms with E-state index in [0.29, 0.717) is 5.25 Å². The van der Waals surface area contributed by atoms with Crippen molar-refractivity contribution in [2.24, 2.45) is 5.73 Å². The van der Waals surface area contributed by atoms with Crippen LogP contribution in [0.4, 0.5) is 0 Å². The smallest absolute Gasteiger partial charge is 0.103 e. The van der Waals surface area contributed by atoms with Gasteiger partial charge in [-0.2, -0.15) is 11.8 Å². The molecule has 0 saturated carbocycles. The topological polar surface area (TPSA) is 38.9 Å². The van der Waals surface area contributed by atoms with Crippen LogP contribution in [0.25, 0.3) is 0 Å². The maximum atomic E-state index is 5.50. The number of hydrogen-bond donors (Lipinski definition) is 1. The number of hydrogen-bond acceptors (Lipinski definition) is 4. The number of nitrogens with zero attached hydrogens (tertiary/aromatic N) is 1. The summed E-state index contributed by atoms with van der Waals surface area (Å²) in [5.41, 5.74) is 6.62. The van der Waals surface area contributed by atoms with Crippen molar-refractivity contribution in [2.45, 2.75) is 24.9 Å². The molecular formula is C8H14N2S2. The van der Waals surface area contributed by atoms with Gasteiger partial charge in [0.1, 0.15) is 5.01 Å². The normalized spacial score (nSPS) is 13.2. The Hall–Kier alpha value is -0.0600. The summed E-state index contributed by atoms with van der Waals surface area (Å²) in [6, 6.07) is 0. The van der Waals surface area contributed by atoms with E-state index in [1.165, 1.54) is 5.01 Å². The second-order valence-electron chi connectivity index (χ2n) is 2.74. The van der Waals surface area contributed by atoms with Crippen molar-refractivity contribution < 1.29 is 0 Å². The second kappa shape index (κ2) is 4.84. The molecule has 1 rings (SSSR count). The van der Waals surface area contributed by atoms with E-state index in [9.17, 15) is 0 Å². The molecule has 1 aromatic rings. The van der Waals surface area contributed by atoms with Crippen molar-refractivity contribution >= 4 is 23.1 Å². The van der Waals surface area contributed by atoms with Crippen LogP contribution in [0, 0.1) is 6.92 Å². The summed E-state index contributed by atoms with van der Waals surface area (Å²) in [4.78, 5) is 4.37. The third kappa shape index (κ3) is 3.13. The molecule has 2 N–H and O–H groups in total. The summed E-state index contributed by atoms with van der Waals surface area (Å²) in [6.07, 6.45) is 0. The largest absolute Gasteiger partial charge is 0.329 e. The van der Waals surface area contributed by atoms with Crippen molar-refractivity contribution in [3.05, 3.63) is 16.1 Å². The zero-order valence-electron chi connectivity index (χ0n) is 7.41. The van der Waals surface area contributed by atoms with Crippen LogP contribution in [0.3, 0.4) is 0 Å². The first-order valence-corrected chi connectivity index (χ1v) is 5.88. The first kappa shape index (κ1) is 10.0. The van der Waals surface area contributed by atoms with Crippen LogP contribution >= 0.6 is 23.1 Å². The van der Waals surface area contributed by atoms with Gasteiger partial charge in [-0.3, -0.25) is 0 Å². The molecule has 0 bridgehead atoms. The van der Waals surface area contributed by atoms with Crippen molar-refractivity contribution in [1.82, 2.24) is 4.98 Å². The van der Waals surface area contributed by atoms with Crippen molar-refractivity contribution in [2.75, 3.05) is 6.54 Å². The fourth-order valence-corrected chi connectivity index (χ4v) is 2.41. The quantitative estimate of drug-likeness (QED) is 0.812. The van der Waals surface area contributed by atoms with Crippen LogP contribution in [0.2, 0.25) is 0 Å². The summed E-state index contributed by atoms with van der Waals surface area (Å²) in [5.74, 6) is 0.997. The standard InChI is InChI=1S/C8H14N2S2/c1-6-4-12-8(10-6)5-11-7(2)3-9/h4,7H,3,5,9H2,1-2H3. The van der Waals surface area contributed by atoms with Gasteiger partial charge < -0.3 is 5.73 Å².